The van der Waals surface area contributed by atoms with Crippen LogP contribution in [0, 0.1) is 13.8 Å². The van der Waals surface area contributed by atoms with E-state index in [1.807, 2.05) is 25.1 Å². The fourth-order valence-corrected chi connectivity index (χ4v) is 2.41. The van der Waals surface area contributed by atoms with Gasteiger partial charge in [-0.25, -0.2) is 0 Å². The Morgan fingerprint density at radius 2 is 1.57 bits per heavy atom. The van der Waals surface area contributed by atoms with Crippen LogP contribution in [0.4, 0.5) is 0 Å². The minimum atomic E-state index is 0.351. The number of hydrogen-bond acceptors (Lipinski definition) is 2. The fraction of sp³-hybridized carbons (Fsp3) is 0.278. The average Bonchev–Trinajstić information content (AvgIpc) is 2.38. The van der Waals surface area contributed by atoms with Gasteiger partial charge in [-0.15, -0.1) is 0 Å². The summed E-state index contributed by atoms with van der Waals surface area (Å²) in [5.74, 6) is 1.97. The van der Waals surface area contributed by atoms with Crippen molar-refractivity contribution in [2.24, 2.45) is 5.73 Å². The molecule has 2 aromatic carbocycles. The molecule has 0 radical (unpaired) electrons. The molecular weight excluding hydrogens is 278 g/mol. The molecule has 2 N–H and O–H groups in total. The molecule has 0 fully saturated rings. The van der Waals surface area contributed by atoms with Crippen LogP contribution in [-0.4, -0.2) is 4.99 Å². The first-order valence-electron chi connectivity index (χ1n) is 7.07. The Hall–Kier alpha value is -1.87. The number of benzene rings is 2. The summed E-state index contributed by atoms with van der Waals surface area (Å²) in [6.45, 7) is 8.39. The van der Waals surface area contributed by atoms with E-state index in [0.717, 1.165) is 22.6 Å². The van der Waals surface area contributed by atoms with E-state index in [0.29, 0.717) is 10.9 Å². The topological polar surface area (TPSA) is 35.2 Å². The minimum Gasteiger partial charge on any atom is -0.456 e. The van der Waals surface area contributed by atoms with Crippen molar-refractivity contribution in [2.45, 2.75) is 33.6 Å². The molecule has 0 aliphatic carbocycles. The monoisotopic (exact) mass is 299 g/mol. The van der Waals surface area contributed by atoms with Crippen molar-refractivity contribution >= 4 is 17.2 Å². The molecule has 0 saturated heterocycles. The van der Waals surface area contributed by atoms with Gasteiger partial charge in [0.05, 0.1) is 5.56 Å². The highest BCUT2D eigenvalue weighted by molar-refractivity contribution is 7.80. The van der Waals surface area contributed by atoms with E-state index in [9.17, 15) is 0 Å². The van der Waals surface area contributed by atoms with E-state index >= 15 is 0 Å². The molecule has 3 heteroatoms. The summed E-state index contributed by atoms with van der Waals surface area (Å²) in [5.41, 5.74) is 10.0. The zero-order chi connectivity index (χ0) is 15.6. The molecular formula is C18H21NOS. The molecule has 0 aliphatic heterocycles. The summed E-state index contributed by atoms with van der Waals surface area (Å²) < 4.78 is 6.16. The zero-order valence-electron chi connectivity index (χ0n) is 12.9. The van der Waals surface area contributed by atoms with E-state index in [4.69, 9.17) is 22.7 Å². The first kappa shape index (κ1) is 15.5. The van der Waals surface area contributed by atoms with Crippen molar-refractivity contribution in [3.63, 3.8) is 0 Å². The van der Waals surface area contributed by atoms with Gasteiger partial charge in [-0.2, -0.15) is 0 Å². The zero-order valence-corrected chi connectivity index (χ0v) is 13.8. The Labute approximate surface area is 131 Å². The Balaban J connectivity index is 2.49. The van der Waals surface area contributed by atoms with Crippen molar-refractivity contribution in [1.29, 1.82) is 0 Å². The van der Waals surface area contributed by atoms with Gasteiger partial charge in [-0.05, 0) is 54.7 Å². The molecule has 2 nitrogen and oxygen atoms in total. The molecule has 0 atom stereocenters. The van der Waals surface area contributed by atoms with Gasteiger partial charge < -0.3 is 10.5 Å². The predicted octanol–water partition coefficient (Wildman–Crippen LogP) is 4.85. The number of aryl methyl sites for hydroxylation is 2. The molecule has 110 valence electrons. The van der Waals surface area contributed by atoms with Crippen LogP contribution in [0.2, 0.25) is 0 Å². The third-order valence-electron chi connectivity index (χ3n) is 3.41. The molecule has 0 spiro atoms. The highest BCUT2D eigenvalue weighted by Crippen LogP contribution is 2.33. The first-order valence-corrected chi connectivity index (χ1v) is 7.48. The summed E-state index contributed by atoms with van der Waals surface area (Å²) in [5, 5.41) is 0. The van der Waals surface area contributed by atoms with Crippen LogP contribution in [0.15, 0.2) is 36.4 Å². The van der Waals surface area contributed by atoms with Crippen LogP contribution in [0.25, 0.3) is 0 Å². The molecule has 0 bridgehead atoms. The smallest absolute Gasteiger partial charge is 0.137 e. The van der Waals surface area contributed by atoms with Crippen molar-refractivity contribution in [3.05, 3.63) is 58.7 Å². The molecule has 21 heavy (non-hydrogen) atoms. The van der Waals surface area contributed by atoms with Gasteiger partial charge >= 0.3 is 0 Å². The van der Waals surface area contributed by atoms with Crippen molar-refractivity contribution < 1.29 is 4.74 Å². The van der Waals surface area contributed by atoms with Crippen molar-refractivity contribution in [3.8, 4) is 11.5 Å². The molecule has 2 aromatic rings. The van der Waals surface area contributed by atoms with Gasteiger partial charge in [0.15, 0.2) is 0 Å². The minimum absolute atomic E-state index is 0.351. The van der Waals surface area contributed by atoms with Crippen molar-refractivity contribution in [2.75, 3.05) is 0 Å². The van der Waals surface area contributed by atoms with E-state index in [-0.39, 0.29) is 0 Å². The Kier molecular flexibility index (Phi) is 4.63. The normalized spacial score (nSPS) is 10.7. The van der Waals surface area contributed by atoms with Crippen LogP contribution in [0.3, 0.4) is 0 Å². The molecule has 0 heterocycles. The number of rotatable bonds is 4. The van der Waals surface area contributed by atoms with Crippen molar-refractivity contribution in [1.82, 2.24) is 0 Å². The van der Waals surface area contributed by atoms with Crippen LogP contribution in [0.1, 0.15) is 42.0 Å². The molecule has 0 unspecified atom stereocenters. The van der Waals surface area contributed by atoms with E-state index in [1.54, 1.807) is 0 Å². The van der Waals surface area contributed by atoms with Gasteiger partial charge in [0.2, 0.25) is 0 Å². The standard InChI is InChI=1S/C18H21NOS/c1-11(2)14-7-5-12(3)9-16(14)20-17-10-13(4)6-8-15(17)18(19)21/h5-11H,1-4H3,(H2,19,21). The second-order valence-corrected chi connectivity index (χ2v) is 6.10. The SMILES string of the molecule is Cc1ccc(C(N)=S)c(Oc2cc(C)ccc2C(C)C)c1. The lowest BCUT2D eigenvalue weighted by Gasteiger charge is -2.17. The second-order valence-electron chi connectivity index (χ2n) is 5.66. The largest absolute Gasteiger partial charge is 0.456 e. The summed E-state index contributed by atoms with van der Waals surface area (Å²) in [6, 6.07) is 12.2. The van der Waals surface area contributed by atoms with E-state index < -0.39 is 0 Å². The molecule has 0 aliphatic rings. The van der Waals surface area contributed by atoms with Gasteiger partial charge in [0, 0.05) is 0 Å². The summed E-state index contributed by atoms with van der Waals surface area (Å²) in [7, 11) is 0. The van der Waals surface area contributed by atoms with Gasteiger partial charge in [0.1, 0.15) is 16.5 Å². The molecule has 0 aromatic heterocycles. The second kappa shape index (κ2) is 6.27. The quantitative estimate of drug-likeness (QED) is 0.819. The fourth-order valence-electron chi connectivity index (χ4n) is 2.24. The maximum atomic E-state index is 6.16. The summed E-state index contributed by atoms with van der Waals surface area (Å²) in [6.07, 6.45) is 0. The maximum absolute atomic E-state index is 6.16. The van der Waals surface area contributed by atoms with E-state index in [1.165, 1.54) is 11.1 Å². The number of nitrogens with two attached hydrogens (primary N) is 1. The number of thiocarbonyl (C=S) groups is 1. The van der Waals surface area contributed by atoms with Gasteiger partial charge in [-0.3, -0.25) is 0 Å². The van der Waals surface area contributed by atoms with Crippen LogP contribution in [0.5, 0.6) is 11.5 Å². The number of hydrogen-bond donors (Lipinski definition) is 1. The van der Waals surface area contributed by atoms with Gasteiger partial charge in [0.25, 0.3) is 0 Å². The maximum Gasteiger partial charge on any atom is 0.137 e. The highest BCUT2D eigenvalue weighted by Gasteiger charge is 2.13. The average molecular weight is 299 g/mol. The molecule has 0 amide bonds. The summed E-state index contributed by atoms with van der Waals surface area (Å²) in [4.78, 5) is 0.351. The van der Waals surface area contributed by atoms with Crippen LogP contribution < -0.4 is 10.5 Å². The lowest BCUT2D eigenvalue weighted by atomic mass is 10.0. The molecule has 0 saturated carbocycles. The lowest BCUT2D eigenvalue weighted by molar-refractivity contribution is 0.471. The Morgan fingerprint density at radius 3 is 2.14 bits per heavy atom. The Morgan fingerprint density at radius 1 is 1.00 bits per heavy atom. The Bertz CT molecular complexity index is 677. The number of ether oxygens (including phenoxy) is 1. The first-order chi connectivity index (χ1) is 9.88. The predicted molar refractivity (Wildman–Crippen MR) is 92.4 cm³/mol. The highest BCUT2D eigenvalue weighted by atomic mass is 32.1. The van der Waals surface area contributed by atoms with Crippen LogP contribution in [-0.2, 0) is 0 Å². The third kappa shape index (κ3) is 3.61. The van der Waals surface area contributed by atoms with Gasteiger partial charge in [-0.1, -0.05) is 44.3 Å². The lowest BCUT2D eigenvalue weighted by Crippen LogP contribution is -2.11. The summed E-state index contributed by atoms with van der Waals surface area (Å²) >= 11 is 5.12. The third-order valence-corrected chi connectivity index (χ3v) is 3.63. The van der Waals surface area contributed by atoms with Crippen LogP contribution >= 0.6 is 12.2 Å². The molecule has 2 rings (SSSR count). The van der Waals surface area contributed by atoms with E-state index in [2.05, 4.69) is 39.0 Å².